The molecule has 1 aliphatic rings. The second-order valence-electron chi connectivity index (χ2n) is 6.86. The fourth-order valence-corrected chi connectivity index (χ4v) is 4.05. The van der Waals surface area contributed by atoms with Gasteiger partial charge in [0.05, 0.1) is 22.5 Å². The Morgan fingerprint density at radius 2 is 2.07 bits per heavy atom. The van der Waals surface area contributed by atoms with E-state index >= 15 is 0 Å². The van der Waals surface area contributed by atoms with E-state index in [0.717, 1.165) is 47.2 Å². The van der Waals surface area contributed by atoms with E-state index in [1.165, 1.54) is 0 Å². The number of aromatic nitrogens is 4. The van der Waals surface area contributed by atoms with Crippen LogP contribution < -0.4 is 0 Å². The molecule has 138 valence electrons. The van der Waals surface area contributed by atoms with Gasteiger partial charge in [0, 0.05) is 30.9 Å². The molecule has 3 aromatic rings. The molecule has 6 nitrogen and oxygen atoms in total. The van der Waals surface area contributed by atoms with Crippen molar-refractivity contribution in [2.24, 2.45) is 0 Å². The minimum Gasteiger partial charge on any atom is -0.337 e. The van der Waals surface area contributed by atoms with Crippen LogP contribution in [-0.2, 0) is 0 Å². The molecule has 0 N–H and O–H groups in total. The number of amides is 1. The molecule has 0 radical (unpaired) electrons. The summed E-state index contributed by atoms with van der Waals surface area (Å²) in [6.07, 6.45) is 5.10. The van der Waals surface area contributed by atoms with Crippen molar-refractivity contribution in [2.45, 2.75) is 32.6 Å². The van der Waals surface area contributed by atoms with Gasteiger partial charge >= 0.3 is 0 Å². The van der Waals surface area contributed by atoms with Crippen LogP contribution in [0.2, 0.25) is 0 Å². The van der Waals surface area contributed by atoms with Crippen molar-refractivity contribution in [1.82, 2.24) is 24.8 Å². The van der Waals surface area contributed by atoms with Crippen LogP contribution in [0, 0.1) is 13.8 Å². The first kappa shape index (κ1) is 17.7. The Morgan fingerprint density at radius 1 is 1.19 bits per heavy atom. The maximum Gasteiger partial charge on any atom is 0.274 e. The summed E-state index contributed by atoms with van der Waals surface area (Å²) in [6, 6.07) is 6.12. The maximum absolute atomic E-state index is 12.8. The summed E-state index contributed by atoms with van der Waals surface area (Å²) < 4.78 is 0. The van der Waals surface area contributed by atoms with E-state index in [4.69, 9.17) is 4.98 Å². The molecular weight excluding hydrogens is 358 g/mol. The Kier molecular flexibility index (Phi) is 4.94. The van der Waals surface area contributed by atoms with Crippen LogP contribution in [0.5, 0.6) is 0 Å². The van der Waals surface area contributed by atoms with Crippen molar-refractivity contribution < 1.29 is 4.79 Å². The number of hydrogen-bond acceptors (Lipinski definition) is 6. The fraction of sp³-hybridized carbons (Fsp3) is 0.350. The molecule has 1 fully saturated rings. The average Bonchev–Trinajstić information content (AvgIpc) is 3.23. The number of aryl methyl sites for hydroxylation is 2. The van der Waals surface area contributed by atoms with E-state index < -0.39 is 0 Å². The van der Waals surface area contributed by atoms with Crippen LogP contribution >= 0.6 is 11.3 Å². The van der Waals surface area contributed by atoms with E-state index in [1.807, 2.05) is 30.9 Å². The van der Waals surface area contributed by atoms with Gasteiger partial charge in [0.15, 0.2) is 0 Å². The molecule has 0 bridgehead atoms. The molecule has 0 spiro atoms. The van der Waals surface area contributed by atoms with E-state index in [9.17, 15) is 4.79 Å². The van der Waals surface area contributed by atoms with Gasteiger partial charge in [0.1, 0.15) is 11.5 Å². The number of hydrogen-bond donors (Lipinski definition) is 0. The summed E-state index contributed by atoms with van der Waals surface area (Å²) in [4.78, 5) is 33.7. The lowest BCUT2D eigenvalue weighted by Gasteiger charge is -2.32. The summed E-state index contributed by atoms with van der Waals surface area (Å²) >= 11 is 1.67. The van der Waals surface area contributed by atoms with Gasteiger partial charge in [-0.1, -0.05) is 6.07 Å². The molecule has 3 aromatic heterocycles. The number of likely N-dealkylation sites (tertiary alicyclic amines) is 1. The van der Waals surface area contributed by atoms with Gasteiger partial charge in [0.2, 0.25) is 0 Å². The Labute approximate surface area is 162 Å². The van der Waals surface area contributed by atoms with Crippen molar-refractivity contribution in [3.05, 3.63) is 58.9 Å². The van der Waals surface area contributed by atoms with Crippen LogP contribution in [0.4, 0.5) is 0 Å². The number of piperidine rings is 1. The molecular formula is C20H21N5OS. The van der Waals surface area contributed by atoms with Gasteiger partial charge in [-0.05, 0) is 44.2 Å². The summed E-state index contributed by atoms with van der Waals surface area (Å²) in [5.41, 5.74) is 3.11. The number of carbonyl (C=O) groups is 1. The standard InChI is InChI=1S/C20H21N5OS/c1-13-9-16(18-6-4-8-27-18)24-19(23-13)15-5-3-7-25(12-15)20(26)17-11-21-14(2)10-22-17/h4,6,8-11,15H,3,5,7,12H2,1-2H3/t15-/m1/s1. The molecule has 1 saturated heterocycles. The number of carbonyl (C=O) groups excluding carboxylic acids is 1. The Bertz CT molecular complexity index is 940. The third kappa shape index (κ3) is 3.88. The van der Waals surface area contributed by atoms with Crippen LogP contribution in [0.1, 0.15) is 46.5 Å². The first-order chi connectivity index (χ1) is 13.1. The minimum absolute atomic E-state index is 0.0710. The third-order valence-electron chi connectivity index (χ3n) is 4.72. The first-order valence-electron chi connectivity index (χ1n) is 9.07. The monoisotopic (exact) mass is 379 g/mol. The van der Waals surface area contributed by atoms with Gasteiger partial charge in [-0.2, -0.15) is 0 Å². The minimum atomic E-state index is -0.0710. The van der Waals surface area contributed by atoms with Gasteiger partial charge in [0.25, 0.3) is 5.91 Å². The second-order valence-corrected chi connectivity index (χ2v) is 7.81. The SMILES string of the molecule is Cc1cnc(C(=O)N2CCC[C@@H](c3nc(C)cc(-c4cccs4)n3)C2)cn1. The van der Waals surface area contributed by atoms with Crippen molar-refractivity contribution in [3.63, 3.8) is 0 Å². The van der Waals surface area contributed by atoms with Crippen LogP contribution in [0.25, 0.3) is 10.6 Å². The number of rotatable bonds is 3. The Hall–Kier alpha value is -2.67. The van der Waals surface area contributed by atoms with E-state index in [2.05, 4.69) is 26.4 Å². The largest absolute Gasteiger partial charge is 0.337 e. The molecule has 4 rings (SSSR count). The normalized spacial score (nSPS) is 17.1. The van der Waals surface area contributed by atoms with Crippen LogP contribution in [-0.4, -0.2) is 43.8 Å². The maximum atomic E-state index is 12.8. The van der Waals surface area contributed by atoms with Crippen molar-refractivity contribution in [2.75, 3.05) is 13.1 Å². The number of thiophene rings is 1. The fourth-order valence-electron chi connectivity index (χ4n) is 3.36. The molecule has 0 saturated carbocycles. The van der Waals surface area contributed by atoms with Crippen molar-refractivity contribution in [3.8, 4) is 10.6 Å². The molecule has 1 amide bonds. The molecule has 1 aliphatic heterocycles. The topological polar surface area (TPSA) is 71.9 Å². The summed E-state index contributed by atoms with van der Waals surface area (Å²) in [6.45, 7) is 5.20. The summed E-state index contributed by atoms with van der Waals surface area (Å²) in [5.74, 6) is 0.893. The Balaban J connectivity index is 1.56. The van der Waals surface area contributed by atoms with E-state index in [0.29, 0.717) is 12.2 Å². The lowest BCUT2D eigenvalue weighted by molar-refractivity contribution is 0.0698. The van der Waals surface area contributed by atoms with Gasteiger partial charge in [-0.25, -0.2) is 15.0 Å². The van der Waals surface area contributed by atoms with Crippen molar-refractivity contribution in [1.29, 1.82) is 0 Å². The van der Waals surface area contributed by atoms with Crippen LogP contribution in [0.15, 0.2) is 36.0 Å². The molecule has 7 heteroatoms. The molecule has 0 aromatic carbocycles. The first-order valence-corrected chi connectivity index (χ1v) is 9.95. The predicted octanol–water partition coefficient (Wildman–Crippen LogP) is 3.63. The zero-order valence-electron chi connectivity index (χ0n) is 15.4. The lowest BCUT2D eigenvalue weighted by Crippen LogP contribution is -2.40. The quantitative estimate of drug-likeness (QED) is 0.695. The highest BCUT2D eigenvalue weighted by atomic mass is 32.1. The lowest BCUT2D eigenvalue weighted by atomic mass is 9.96. The molecule has 1 atom stereocenters. The van der Waals surface area contributed by atoms with Crippen LogP contribution in [0.3, 0.4) is 0 Å². The van der Waals surface area contributed by atoms with E-state index in [-0.39, 0.29) is 11.8 Å². The highest BCUT2D eigenvalue weighted by molar-refractivity contribution is 7.13. The second kappa shape index (κ2) is 7.52. The summed E-state index contributed by atoms with van der Waals surface area (Å²) in [5, 5.41) is 2.05. The predicted molar refractivity (Wildman–Crippen MR) is 105 cm³/mol. The number of nitrogens with zero attached hydrogens (tertiary/aromatic N) is 5. The summed E-state index contributed by atoms with van der Waals surface area (Å²) in [7, 11) is 0. The zero-order chi connectivity index (χ0) is 18.8. The van der Waals surface area contributed by atoms with Gasteiger partial charge in [-0.3, -0.25) is 9.78 Å². The zero-order valence-corrected chi connectivity index (χ0v) is 16.2. The highest BCUT2D eigenvalue weighted by Gasteiger charge is 2.28. The smallest absolute Gasteiger partial charge is 0.274 e. The average molecular weight is 379 g/mol. The molecule has 0 aliphatic carbocycles. The molecule has 27 heavy (non-hydrogen) atoms. The third-order valence-corrected chi connectivity index (χ3v) is 5.61. The Morgan fingerprint density at radius 3 is 2.81 bits per heavy atom. The molecule has 4 heterocycles. The van der Waals surface area contributed by atoms with Gasteiger partial charge in [-0.15, -0.1) is 11.3 Å². The highest BCUT2D eigenvalue weighted by Crippen LogP contribution is 2.29. The molecule has 0 unspecified atom stereocenters. The van der Waals surface area contributed by atoms with E-state index in [1.54, 1.807) is 23.7 Å². The van der Waals surface area contributed by atoms with Crippen molar-refractivity contribution >= 4 is 17.2 Å². The van der Waals surface area contributed by atoms with Gasteiger partial charge < -0.3 is 4.90 Å².